The van der Waals surface area contributed by atoms with Crippen LogP contribution in [0.1, 0.15) is 50.3 Å². The molecule has 144 valence electrons. The molecule has 0 aliphatic rings. The Morgan fingerprint density at radius 2 is 1.48 bits per heavy atom. The highest BCUT2D eigenvalue weighted by molar-refractivity contribution is 5.73. The number of rotatable bonds is 10. The van der Waals surface area contributed by atoms with Crippen LogP contribution in [-0.4, -0.2) is 29.2 Å². The maximum Gasteiger partial charge on any atom is 0.307 e. The SMILES string of the molecule is CCC(C)OC(=O)CC(CC(=O)O)NC(c1ccccc1)c1ccccc1. The first-order valence-electron chi connectivity index (χ1n) is 9.26. The molecule has 0 heterocycles. The quantitative estimate of drug-likeness (QED) is 0.621. The number of esters is 1. The van der Waals surface area contributed by atoms with E-state index >= 15 is 0 Å². The summed E-state index contributed by atoms with van der Waals surface area (Å²) in [7, 11) is 0. The van der Waals surface area contributed by atoms with Crippen LogP contribution in [0.4, 0.5) is 0 Å². The number of benzene rings is 2. The Labute approximate surface area is 160 Å². The minimum Gasteiger partial charge on any atom is -0.481 e. The van der Waals surface area contributed by atoms with E-state index < -0.39 is 12.0 Å². The lowest BCUT2D eigenvalue weighted by atomic mass is 9.96. The van der Waals surface area contributed by atoms with Crippen molar-refractivity contribution in [3.05, 3.63) is 71.8 Å². The van der Waals surface area contributed by atoms with Crippen LogP contribution in [0.25, 0.3) is 0 Å². The van der Waals surface area contributed by atoms with Gasteiger partial charge in [0.25, 0.3) is 0 Å². The van der Waals surface area contributed by atoms with Crippen molar-refractivity contribution in [1.82, 2.24) is 5.32 Å². The molecular weight excluding hydrogens is 342 g/mol. The van der Waals surface area contributed by atoms with Crippen LogP contribution < -0.4 is 5.32 Å². The van der Waals surface area contributed by atoms with Crippen LogP contribution in [0, 0.1) is 0 Å². The second-order valence-corrected chi connectivity index (χ2v) is 6.63. The summed E-state index contributed by atoms with van der Waals surface area (Å²) in [6, 6.07) is 18.8. The summed E-state index contributed by atoms with van der Waals surface area (Å²) in [4.78, 5) is 23.5. The monoisotopic (exact) mass is 369 g/mol. The number of carbonyl (C=O) groups is 2. The van der Waals surface area contributed by atoms with E-state index in [1.165, 1.54) is 0 Å². The lowest BCUT2D eigenvalue weighted by Gasteiger charge is -2.26. The van der Waals surface area contributed by atoms with Crippen molar-refractivity contribution in [1.29, 1.82) is 0 Å². The standard InChI is InChI=1S/C22H27NO4/c1-3-16(2)27-21(26)15-19(14-20(24)25)23-22(17-10-6-4-7-11-17)18-12-8-5-9-13-18/h4-13,16,19,22-23H,3,14-15H2,1-2H3,(H,24,25). The maximum atomic E-state index is 12.2. The van der Waals surface area contributed by atoms with Crippen molar-refractivity contribution < 1.29 is 19.4 Å². The summed E-state index contributed by atoms with van der Waals surface area (Å²) in [5.41, 5.74) is 2.02. The molecule has 2 N–H and O–H groups in total. The maximum absolute atomic E-state index is 12.2. The zero-order chi connectivity index (χ0) is 19.6. The molecule has 0 fully saturated rings. The third-order valence-electron chi connectivity index (χ3n) is 4.41. The fourth-order valence-corrected chi connectivity index (χ4v) is 2.87. The van der Waals surface area contributed by atoms with Gasteiger partial charge in [-0.1, -0.05) is 67.6 Å². The molecule has 5 heteroatoms. The highest BCUT2D eigenvalue weighted by atomic mass is 16.5. The van der Waals surface area contributed by atoms with Crippen molar-refractivity contribution >= 4 is 11.9 Å². The zero-order valence-electron chi connectivity index (χ0n) is 15.8. The molecule has 0 radical (unpaired) electrons. The predicted molar refractivity (Wildman–Crippen MR) is 104 cm³/mol. The highest BCUT2D eigenvalue weighted by Crippen LogP contribution is 2.23. The van der Waals surface area contributed by atoms with Gasteiger partial charge in [0.15, 0.2) is 0 Å². The summed E-state index contributed by atoms with van der Waals surface area (Å²) in [6.07, 6.45) is 0.389. The van der Waals surface area contributed by atoms with Crippen LogP contribution in [-0.2, 0) is 14.3 Å². The predicted octanol–water partition coefficient (Wildman–Crippen LogP) is 3.94. The molecule has 0 bridgehead atoms. The van der Waals surface area contributed by atoms with E-state index in [4.69, 9.17) is 4.74 Å². The van der Waals surface area contributed by atoms with Gasteiger partial charge in [0.2, 0.25) is 0 Å². The van der Waals surface area contributed by atoms with Gasteiger partial charge in [-0.15, -0.1) is 0 Å². The third kappa shape index (κ3) is 6.87. The Morgan fingerprint density at radius 3 is 1.93 bits per heavy atom. The largest absolute Gasteiger partial charge is 0.481 e. The number of carboxylic acids is 1. The lowest BCUT2D eigenvalue weighted by Crippen LogP contribution is -2.37. The van der Waals surface area contributed by atoms with Crippen LogP contribution in [0.2, 0.25) is 0 Å². The zero-order valence-corrected chi connectivity index (χ0v) is 15.8. The minimum atomic E-state index is -0.955. The molecule has 0 aliphatic carbocycles. The smallest absolute Gasteiger partial charge is 0.307 e. The Bertz CT molecular complexity index is 678. The molecule has 0 aliphatic heterocycles. The summed E-state index contributed by atoms with van der Waals surface area (Å²) >= 11 is 0. The van der Waals surface area contributed by atoms with Crippen molar-refractivity contribution in [2.45, 2.75) is 51.3 Å². The fraction of sp³-hybridized carbons (Fsp3) is 0.364. The first kappa shape index (κ1) is 20.6. The van der Waals surface area contributed by atoms with E-state index in [0.29, 0.717) is 0 Å². The Kier molecular flexibility index (Phi) is 8.01. The van der Waals surface area contributed by atoms with Crippen molar-refractivity contribution in [2.24, 2.45) is 0 Å². The van der Waals surface area contributed by atoms with Gasteiger partial charge in [-0.25, -0.2) is 0 Å². The van der Waals surface area contributed by atoms with Crippen LogP contribution in [0.3, 0.4) is 0 Å². The highest BCUT2D eigenvalue weighted by Gasteiger charge is 2.24. The second-order valence-electron chi connectivity index (χ2n) is 6.63. The van der Waals surface area contributed by atoms with Crippen molar-refractivity contribution in [2.75, 3.05) is 0 Å². The molecule has 2 rings (SSSR count). The summed E-state index contributed by atoms with van der Waals surface area (Å²) in [5, 5.41) is 12.6. The number of nitrogens with one attached hydrogen (secondary N) is 1. The topological polar surface area (TPSA) is 75.6 Å². The van der Waals surface area contributed by atoms with Gasteiger partial charge in [-0.3, -0.25) is 9.59 Å². The average Bonchev–Trinajstić information content (AvgIpc) is 2.66. The van der Waals surface area contributed by atoms with Crippen molar-refractivity contribution in [3.63, 3.8) is 0 Å². The van der Waals surface area contributed by atoms with E-state index in [0.717, 1.165) is 17.5 Å². The first-order valence-corrected chi connectivity index (χ1v) is 9.26. The molecule has 27 heavy (non-hydrogen) atoms. The Hall–Kier alpha value is -2.66. The Balaban J connectivity index is 2.21. The van der Waals surface area contributed by atoms with Gasteiger partial charge in [0.05, 0.1) is 25.0 Å². The number of carboxylic acid groups (broad SMARTS) is 1. The number of hydrogen-bond donors (Lipinski definition) is 2. The molecule has 0 amide bonds. The van der Waals surface area contributed by atoms with Gasteiger partial charge in [-0.2, -0.15) is 0 Å². The van der Waals surface area contributed by atoms with E-state index in [2.05, 4.69) is 5.32 Å². The summed E-state index contributed by atoms with van der Waals surface area (Å²) < 4.78 is 5.33. The number of ether oxygens (including phenoxy) is 1. The Morgan fingerprint density at radius 1 is 0.963 bits per heavy atom. The molecule has 2 aromatic rings. The summed E-state index contributed by atoms with van der Waals surface area (Å²) in [6.45, 7) is 3.76. The molecule has 0 aromatic heterocycles. The molecular formula is C22H27NO4. The molecule has 2 atom stereocenters. The third-order valence-corrected chi connectivity index (χ3v) is 4.41. The summed E-state index contributed by atoms with van der Waals surface area (Å²) in [5.74, 6) is -1.34. The minimum absolute atomic E-state index is 0.00675. The lowest BCUT2D eigenvalue weighted by molar-refractivity contribution is -0.149. The van der Waals surface area contributed by atoms with E-state index in [9.17, 15) is 14.7 Å². The molecule has 5 nitrogen and oxygen atoms in total. The van der Waals surface area contributed by atoms with Gasteiger partial charge in [-0.05, 0) is 24.5 Å². The second kappa shape index (κ2) is 10.5. The van der Waals surface area contributed by atoms with Crippen LogP contribution >= 0.6 is 0 Å². The van der Waals surface area contributed by atoms with Gasteiger partial charge < -0.3 is 15.2 Å². The van der Waals surface area contributed by atoms with Crippen LogP contribution in [0.15, 0.2) is 60.7 Å². The molecule has 0 spiro atoms. The fourth-order valence-electron chi connectivity index (χ4n) is 2.87. The number of carbonyl (C=O) groups excluding carboxylic acids is 1. The van der Waals surface area contributed by atoms with Crippen LogP contribution in [0.5, 0.6) is 0 Å². The van der Waals surface area contributed by atoms with Crippen molar-refractivity contribution in [3.8, 4) is 0 Å². The molecule has 2 unspecified atom stereocenters. The van der Waals surface area contributed by atoms with Gasteiger partial charge >= 0.3 is 11.9 Å². The van der Waals surface area contributed by atoms with E-state index in [1.54, 1.807) is 0 Å². The molecule has 2 aromatic carbocycles. The average molecular weight is 369 g/mol. The first-order chi connectivity index (χ1) is 13.0. The van der Waals surface area contributed by atoms with E-state index in [1.807, 2.05) is 74.5 Å². The van der Waals surface area contributed by atoms with Gasteiger partial charge in [0.1, 0.15) is 0 Å². The van der Waals surface area contributed by atoms with E-state index in [-0.39, 0.29) is 31.0 Å². The molecule has 0 saturated heterocycles. The number of hydrogen-bond acceptors (Lipinski definition) is 4. The number of aliphatic carboxylic acids is 1. The molecule has 0 saturated carbocycles. The van der Waals surface area contributed by atoms with Gasteiger partial charge in [0, 0.05) is 6.04 Å². The normalized spacial score (nSPS) is 13.1.